The predicted octanol–water partition coefficient (Wildman–Crippen LogP) is 2.18. The molecule has 1 aliphatic carbocycles. The van der Waals surface area contributed by atoms with E-state index in [1.807, 2.05) is 0 Å². The molecule has 1 aromatic carbocycles. The van der Waals surface area contributed by atoms with Crippen molar-refractivity contribution >= 4 is 15.9 Å². The molecule has 2 unspecified atom stereocenters. The van der Waals surface area contributed by atoms with E-state index in [4.69, 9.17) is 5.73 Å². The highest BCUT2D eigenvalue weighted by Crippen LogP contribution is 2.59. The summed E-state index contributed by atoms with van der Waals surface area (Å²) in [6.07, 6.45) is 1.00. The van der Waals surface area contributed by atoms with Crippen molar-refractivity contribution in [3.05, 3.63) is 33.8 Å². The molecule has 0 aromatic heterocycles. The minimum Gasteiger partial charge on any atom is -0.396 e. The molecule has 2 atom stereocenters. The molecule has 2 rings (SSSR count). The topological polar surface area (TPSA) is 46.2 Å². The number of hydrogen-bond donors (Lipinski definition) is 2. The molecule has 15 heavy (non-hydrogen) atoms. The number of aryl methyl sites for hydroxylation is 1. The molecular weight excluding hydrogens is 254 g/mol. The Morgan fingerprint density at radius 3 is 2.80 bits per heavy atom. The first-order valence-electron chi connectivity index (χ1n) is 5.20. The van der Waals surface area contributed by atoms with Gasteiger partial charge in [0.05, 0.1) is 6.61 Å². The van der Waals surface area contributed by atoms with E-state index in [9.17, 15) is 5.11 Å². The van der Waals surface area contributed by atoms with Crippen LogP contribution in [0.1, 0.15) is 23.5 Å². The zero-order valence-electron chi connectivity index (χ0n) is 8.83. The Balaban J connectivity index is 2.26. The zero-order chi connectivity index (χ0) is 11.1. The molecule has 0 heterocycles. The van der Waals surface area contributed by atoms with Gasteiger partial charge in [-0.25, -0.2) is 0 Å². The quantitative estimate of drug-likeness (QED) is 0.884. The predicted molar refractivity (Wildman–Crippen MR) is 64.8 cm³/mol. The summed E-state index contributed by atoms with van der Waals surface area (Å²) in [5, 5.41) is 9.34. The summed E-state index contributed by atoms with van der Waals surface area (Å²) in [6.45, 7) is 2.83. The Hall–Kier alpha value is -0.380. The van der Waals surface area contributed by atoms with Gasteiger partial charge < -0.3 is 10.8 Å². The maximum atomic E-state index is 9.34. The highest BCUT2D eigenvalue weighted by Gasteiger charge is 2.53. The van der Waals surface area contributed by atoms with Crippen molar-refractivity contribution in [1.82, 2.24) is 0 Å². The first-order chi connectivity index (χ1) is 7.13. The molecule has 0 saturated heterocycles. The Morgan fingerprint density at radius 2 is 2.33 bits per heavy atom. The van der Waals surface area contributed by atoms with E-state index < -0.39 is 0 Å². The summed E-state index contributed by atoms with van der Waals surface area (Å²) in [5.41, 5.74) is 8.18. The molecule has 2 nitrogen and oxygen atoms in total. The summed E-state index contributed by atoms with van der Waals surface area (Å²) in [5.74, 6) is 0.419. The standard InChI is InChI=1S/C12H16BrNO/c1-8-2-3-9(11(13)4-8)10-5-12(10,6-14)7-15/h2-4,10,15H,5-7,14H2,1H3. The Labute approximate surface area is 98.6 Å². The lowest BCUT2D eigenvalue weighted by atomic mass is 9.99. The van der Waals surface area contributed by atoms with Gasteiger partial charge >= 0.3 is 0 Å². The molecule has 1 aromatic rings. The van der Waals surface area contributed by atoms with Crippen LogP contribution in [0.5, 0.6) is 0 Å². The van der Waals surface area contributed by atoms with E-state index in [0.717, 1.165) is 10.9 Å². The molecule has 3 heteroatoms. The van der Waals surface area contributed by atoms with Gasteiger partial charge in [-0.3, -0.25) is 0 Å². The van der Waals surface area contributed by atoms with Crippen LogP contribution in [0.3, 0.4) is 0 Å². The van der Waals surface area contributed by atoms with Crippen molar-refractivity contribution in [1.29, 1.82) is 0 Å². The van der Waals surface area contributed by atoms with E-state index in [1.54, 1.807) is 0 Å². The average Bonchev–Trinajstić information content (AvgIpc) is 2.93. The lowest BCUT2D eigenvalue weighted by molar-refractivity contribution is 0.211. The molecule has 0 spiro atoms. The molecule has 82 valence electrons. The number of hydrogen-bond acceptors (Lipinski definition) is 2. The monoisotopic (exact) mass is 269 g/mol. The highest BCUT2D eigenvalue weighted by molar-refractivity contribution is 9.10. The second kappa shape index (κ2) is 3.89. The van der Waals surface area contributed by atoms with Crippen LogP contribution in [0.25, 0.3) is 0 Å². The molecule has 3 N–H and O–H groups in total. The maximum Gasteiger partial charge on any atom is 0.0505 e. The van der Waals surface area contributed by atoms with Gasteiger partial charge in [-0.2, -0.15) is 0 Å². The fourth-order valence-electron chi connectivity index (χ4n) is 2.17. The van der Waals surface area contributed by atoms with Crippen LogP contribution in [0.2, 0.25) is 0 Å². The smallest absolute Gasteiger partial charge is 0.0505 e. The van der Waals surface area contributed by atoms with Gasteiger partial charge in [0.25, 0.3) is 0 Å². The van der Waals surface area contributed by atoms with E-state index in [0.29, 0.717) is 12.5 Å². The number of halogens is 1. The van der Waals surface area contributed by atoms with Crippen molar-refractivity contribution in [2.75, 3.05) is 13.2 Å². The van der Waals surface area contributed by atoms with Crippen LogP contribution < -0.4 is 5.73 Å². The first-order valence-corrected chi connectivity index (χ1v) is 5.99. The third-order valence-corrected chi connectivity index (χ3v) is 4.13. The maximum absolute atomic E-state index is 9.34. The number of aliphatic hydroxyl groups excluding tert-OH is 1. The Morgan fingerprint density at radius 1 is 1.60 bits per heavy atom. The second-order valence-electron chi connectivity index (χ2n) is 4.51. The Bertz CT molecular complexity index is 374. The van der Waals surface area contributed by atoms with Gasteiger partial charge in [0.1, 0.15) is 0 Å². The normalized spacial score (nSPS) is 29.2. The average molecular weight is 270 g/mol. The van der Waals surface area contributed by atoms with Gasteiger partial charge in [-0.15, -0.1) is 0 Å². The fourth-order valence-corrected chi connectivity index (χ4v) is 2.94. The molecule has 1 aliphatic rings. The molecule has 1 saturated carbocycles. The number of aliphatic hydroxyl groups is 1. The van der Waals surface area contributed by atoms with Crippen molar-refractivity contribution in [3.63, 3.8) is 0 Å². The molecule has 1 fully saturated rings. The first kappa shape index (κ1) is 11.1. The van der Waals surface area contributed by atoms with Crippen molar-refractivity contribution in [2.24, 2.45) is 11.1 Å². The van der Waals surface area contributed by atoms with Crippen molar-refractivity contribution < 1.29 is 5.11 Å². The summed E-state index contributed by atoms with van der Waals surface area (Å²) < 4.78 is 1.14. The Kier molecular flexibility index (Phi) is 2.88. The van der Waals surface area contributed by atoms with Crippen LogP contribution in [-0.2, 0) is 0 Å². The van der Waals surface area contributed by atoms with Crippen molar-refractivity contribution in [3.8, 4) is 0 Å². The zero-order valence-corrected chi connectivity index (χ0v) is 10.4. The summed E-state index contributed by atoms with van der Waals surface area (Å²) >= 11 is 3.58. The lowest BCUT2D eigenvalue weighted by Gasteiger charge is -2.12. The number of nitrogens with two attached hydrogens (primary N) is 1. The van der Waals surface area contributed by atoms with E-state index >= 15 is 0 Å². The van der Waals surface area contributed by atoms with Crippen LogP contribution in [0, 0.1) is 12.3 Å². The minimum absolute atomic E-state index is 0.0578. The van der Waals surface area contributed by atoms with Crippen LogP contribution in [0.15, 0.2) is 22.7 Å². The molecule has 0 radical (unpaired) electrons. The second-order valence-corrected chi connectivity index (χ2v) is 5.36. The molecular formula is C12H16BrNO. The fraction of sp³-hybridized carbons (Fsp3) is 0.500. The lowest BCUT2D eigenvalue weighted by Crippen LogP contribution is -2.21. The highest BCUT2D eigenvalue weighted by atomic mass is 79.9. The van der Waals surface area contributed by atoms with Crippen LogP contribution in [-0.4, -0.2) is 18.3 Å². The summed E-state index contributed by atoms with van der Waals surface area (Å²) in [7, 11) is 0. The number of rotatable bonds is 3. The van der Waals surface area contributed by atoms with E-state index in [1.165, 1.54) is 11.1 Å². The molecule has 0 bridgehead atoms. The van der Waals surface area contributed by atoms with Gasteiger partial charge in [0, 0.05) is 16.4 Å². The van der Waals surface area contributed by atoms with E-state index in [2.05, 4.69) is 41.1 Å². The summed E-state index contributed by atoms with van der Waals surface area (Å²) in [6, 6.07) is 6.36. The summed E-state index contributed by atoms with van der Waals surface area (Å²) in [4.78, 5) is 0. The third-order valence-electron chi connectivity index (χ3n) is 3.44. The van der Waals surface area contributed by atoms with Gasteiger partial charge in [0.2, 0.25) is 0 Å². The third kappa shape index (κ3) is 1.84. The molecule has 0 aliphatic heterocycles. The largest absolute Gasteiger partial charge is 0.396 e. The van der Waals surface area contributed by atoms with Crippen LogP contribution >= 0.6 is 15.9 Å². The molecule has 0 amide bonds. The van der Waals surface area contributed by atoms with Crippen LogP contribution in [0.4, 0.5) is 0 Å². The minimum atomic E-state index is -0.0578. The van der Waals surface area contributed by atoms with Gasteiger partial charge in [-0.1, -0.05) is 28.1 Å². The number of benzene rings is 1. The van der Waals surface area contributed by atoms with Gasteiger partial charge in [-0.05, 0) is 36.5 Å². The SMILES string of the molecule is Cc1ccc(C2CC2(CN)CO)c(Br)c1. The van der Waals surface area contributed by atoms with Crippen molar-refractivity contribution in [2.45, 2.75) is 19.3 Å². The van der Waals surface area contributed by atoms with E-state index in [-0.39, 0.29) is 12.0 Å². The van der Waals surface area contributed by atoms with Gasteiger partial charge in [0.15, 0.2) is 0 Å².